The quantitative estimate of drug-likeness (QED) is 0.792. The summed E-state index contributed by atoms with van der Waals surface area (Å²) in [5.41, 5.74) is 1.88. The highest BCUT2D eigenvalue weighted by Crippen LogP contribution is 2.27. The zero-order chi connectivity index (χ0) is 20.5. The largest absolute Gasteiger partial charge is 0.349 e. The molecule has 28 heavy (non-hydrogen) atoms. The topological polar surface area (TPSA) is 71.1 Å². The Hall–Kier alpha value is -2.76. The molecule has 6 heteroatoms. The molecule has 0 aliphatic heterocycles. The molecule has 1 heterocycles. The Morgan fingerprint density at radius 2 is 1.89 bits per heavy atom. The van der Waals surface area contributed by atoms with E-state index in [2.05, 4.69) is 15.6 Å². The van der Waals surface area contributed by atoms with Crippen LogP contribution in [0.2, 0.25) is 0 Å². The number of amides is 2. The van der Waals surface area contributed by atoms with Crippen molar-refractivity contribution in [2.24, 2.45) is 0 Å². The number of aromatic nitrogens is 1. The smallest absolute Gasteiger partial charge is 0.253 e. The SMILES string of the molecule is CCC(C)(C)NC(=O)c1ccc(-c2cc(C(=O)NC3CC3)cc(F)c2C)nc1. The molecule has 1 aromatic carbocycles. The minimum Gasteiger partial charge on any atom is -0.349 e. The highest BCUT2D eigenvalue weighted by atomic mass is 19.1. The van der Waals surface area contributed by atoms with Gasteiger partial charge in [-0.05, 0) is 69.9 Å². The van der Waals surface area contributed by atoms with Crippen molar-refractivity contribution >= 4 is 11.8 Å². The molecule has 148 valence electrons. The molecule has 2 amide bonds. The van der Waals surface area contributed by atoms with Crippen molar-refractivity contribution < 1.29 is 14.0 Å². The number of halogens is 1. The number of carbonyl (C=O) groups is 2. The van der Waals surface area contributed by atoms with Crippen LogP contribution >= 0.6 is 0 Å². The Morgan fingerprint density at radius 1 is 1.18 bits per heavy atom. The maximum atomic E-state index is 14.4. The van der Waals surface area contributed by atoms with Crippen LogP contribution in [0.15, 0.2) is 30.5 Å². The number of carbonyl (C=O) groups excluding carboxylic acids is 2. The number of rotatable bonds is 6. The number of hydrogen-bond acceptors (Lipinski definition) is 3. The van der Waals surface area contributed by atoms with Gasteiger partial charge in [-0.25, -0.2) is 4.39 Å². The molecule has 0 bridgehead atoms. The molecular formula is C22H26FN3O2. The Balaban J connectivity index is 1.85. The van der Waals surface area contributed by atoms with Gasteiger partial charge < -0.3 is 10.6 Å². The van der Waals surface area contributed by atoms with Crippen molar-refractivity contribution in [2.45, 2.75) is 58.5 Å². The highest BCUT2D eigenvalue weighted by molar-refractivity contribution is 5.96. The molecule has 5 nitrogen and oxygen atoms in total. The molecular weight excluding hydrogens is 357 g/mol. The van der Waals surface area contributed by atoms with Gasteiger partial charge in [0.15, 0.2) is 0 Å². The number of nitrogens with one attached hydrogen (secondary N) is 2. The lowest BCUT2D eigenvalue weighted by Crippen LogP contribution is -2.42. The summed E-state index contributed by atoms with van der Waals surface area (Å²) in [7, 11) is 0. The predicted molar refractivity (Wildman–Crippen MR) is 107 cm³/mol. The predicted octanol–water partition coefficient (Wildman–Crippen LogP) is 4.01. The molecule has 3 rings (SSSR count). The first-order valence-electron chi connectivity index (χ1n) is 9.60. The van der Waals surface area contributed by atoms with Crippen LogP contribution in [0.3, 0.4) is 0 Å². The second kappa shape index (κ2) is 7.70. The van der Waals surface area contributed by atoms with Crippen molar-refractivity contribution in [3.05, 3.63) is 53.0 Å². The van der Waals surface area contributed by atoms with Crippen molar-refractivity contribution in [2.75, 3.05) is 0 Å². The first kappa shape index (κ1) is 20.0. The molecule has 0 radical (unpaired) electrons. The third kappa shape index (κ3) is 4.55. The Bertz CT molecular complexity index is 903. The van der Waals surface area contributed by atoms with Crippen LogP contribution in [0.5, 0.6) is 0 Å². The lowest BCUT2D eigenvalue weighted by Gasteiger charge is -2.24. The lowest BCUT2D eigenvalue weighted by molar-refractivity contribution is 0.0909. The third-order valence-corrected chi connectivity index (χ3v) is 5.16. The average molecular weight is 383 g/mol. The van der Waals surface area contributed by atoms with Crippen LogP contribution in [-0.2, 0) is 0 Å². The number of benzene rings is 1. The van der Waals surface area contributed by atoms with Gasteiger partial charge in [-0.15, -0.1) is 0 Å². The molecule has 1 aliphatic carbocycles. The van der Waals surface area contributed by atoms with Gasteiger partial charge in [0.25, 0.3) is 11.8 Å². The second-order valence-electron chi connectivity index (χ2n) is 8.00. The fourth-order valence-corrected chi connectivity index (χ4v) is 2.73. The summed E-state index contributed by atoms with van der Waals surface area (Å²) in [6.45, 7) is 7.57. The summed E-state index contributed by atoms with van der Waals surface area (Å²) in [5, 5.41) is 5.83. The van der Waals surface area contributed by atoms with Gasteiger partial charge in [0.05, 0.1) is 11.3 Å². The zero-order valence-electron chi connectivity index (χ0n) is 16.7. The fourth-order valence-electron chi connectivity index (χ4n) is 2.73. The Morgan fingerprint density at radius 3 is 2.46 bits per heavy atom. The standard InChI is InChI=1S/C22H26FN3O2/c1-5-22(3,4)26-21(28)14-6-9-19(24-12-14)17-10-15(11-18(23)13(17)2)20(27)25-16-7-8-16/h6,9-12,16H,5,7-8H2,1-4H3,(H,25,27)(H,26,28). The summed E-state index contributed by atoms with van der Waals surface area (Å²) in [6.07, 6.45) is 4.21. The second-order valence-corrected chi connectivity index (χ2v) is 8.00. The first-order valence-corrected chi connectivity index (χ1v) is 9.60. The highest BCUT2D eigenvalue weighted by Gasteiger charge is 2.25. The number of pyridine rings is 1. The maximum Gasteiger partial charge on any atom is 0.253 e. The van der Waals surface area contributed by atoms with Crippen molar-refractivity contribution in [1.82, 2.24) is 15.6 Å². The molecule has 1 saturated carbocycles. The van der Waals surface area contributed by atoms with Crippen LogP contribution in [-0.4, -0.2) is 28.4 Å². The summed E-state index contributed by atoms with van der Waals surface area (Å²) in [6, 6.07) is 6.45. The van der Waals surface area contributed by atoms with Crippen LogP contribution in [0, 0.1) is 12.7 Å². The summed E-state index contributed by atoms with van der Waals surface area (Å²) >= 11 is 0. The van der Waals surface area contributed by atoms with Gasteiger partial charge in [0.1, 0.15) is 5.82 Å². The average Bonchev–Trinajstić information content (AvgIpc) is 3.47. The minimum absolute atomic E-state index is 0.198. The summed E-state index contributed by atoms with van der Waals surface area (Å²) < 4.78 is 14.4. The minimum atomic E-state index is -0.452. The summed E-state index contributed by atoms with van der Waals surface area (Å²) in [4.78, 5) is 29.0. The molecule has 1 aromatic heterocycles. The van der Waals surface area contributed by atoms with Gasteiger partial charge in [-0.2, -0.15) is 0 Å². The Labute approximate surface area is 164 Å². The van der Waals surface area contributed by atoms with Crippen LogP contribution < -0.4 is 10.6 Å². The molecule has 0 unspecified atom stereocenters. The van der Waals surface area contributed by atoms with E-state index in [1.807, 2.05) is 20.8 Å². The van der Waals surface area contributed by atoms with Gasteiger partial charge in [0, 0.05) is 28.9 Å². The van der Waals surface area contributed by atoms with E-state index < -0.39 is 5.82 Å². The normalized spacial score (nSPS) is 13.9. The molecule has 0 spiro atoms. The van der Waals surface area contributed by atoms with Crippen LogP contribution in [0.4, 0.5) is 4.39 Å². The number of hydrogen-bond donors (Lipinski definition) is 2. The molecule has 2 aromatic rings. The van der Waals surface area contributed by atoms with E-state index in [9.17, 15) is 14.0 Å². The third-order valence-electron chi connectivity index (χ3n) is 5.16. The van der Waals surface area contributed by atoms with E-state index in [1.54, 1.807) is 25.1 Å². The van der Waals surface area contributed by atoms with Crippen LogP contribution in [0.1, 0.15) is 66.3 Å². The zero-order valence-corrected chi connectivity index (χ0v) is 16.7. The molecule has 0 atom stereocenters. The monoisotopic (exact) mass is 383 g/mol. The molecule has 2 N–H and O–H groups in total. The maximum absolute atomic E-state index is 14.4. The fraction of sp³-hybridized carbons (Fsp3) is 0.409. The Kier molecular flexibility index (Phi) is 5.49. The lowest BCUT2D eigenvalue weighted by atomic mass is 9.99. The van der Waals surface area contributed by atoms with E-state index in [0.717, 1.165) is 19.3 Å². The molecule has 1 aliphatic rings. The van der Waals surface area contributed by atoms with Gasteiger partial charge in [-0.1, -0.05) is 6.92 Å². The van der Waals surface area contributed by atoms with Crippen LogP contribution in [0.25, 0.3) is 11.3 Å². The van der Waals surface area contributed by atoms with Gasteiger partial charge >= 0.3 is 0 Å². The van der Waals surface area contributed by atoms with Crippen molar-refractivity contribution in [1.29, 1.82) is 0 Å². The molecule has 0 saturated heterocycles. The summed E-state index contributed by atoms with van der Waals surface area (Å²) in [5.74, 6) is -0.932. The van der Waals surface area contributed by atoms with E-state index in [1.165, 1.54) is 12.3 Å². The van der Waals surface area contributed by atoms with E-state index >= 15 is 0 Å². The van der Waals surface area contributed by atoms with Gasteiger partial charge in [0.2, 0.25) is 0 Å². The van der Waals surface area contributed by atoms with E-state index in [-0.39, 0.29) is 29.0 Å². The van der Waals surface area contributed by atoms with Crippen molar-refractivity contribution in [3.63, 3.8) is 0 Å². The first-order chi connectivity index (χ1) is 13.2. The number of nitrogens with zero attached hydrogens (tertiary/aromatic N) is 1. The van der Waals surface area contributed by atoms with E-state index in [4.69, 9.17) is 0 Å². The molecule has 1 fully saturated rings. The van der Waals surface area contributed by atoms with E-state index in [0.29, 0.717) is 22.4 Å². The van der Waals surface area contributed by atoms with Crippen molar-refractivity contribution in [3.8, 4) is 11.3 Å². The van der Waals surface area contributed by atoms with Gasteiger partial charge in [-0.3, -0.25) is 14.6 Å².